The number of thioether (sulfide) groups is 1. The van der Waals surface area contributed by atoms with Gasteiger partial charge in [-0.1, -0.05) is 12.8 Å². The van der Waals surface area contributed by atoms with Gasteiger partial charge in [0.2, 0.25) is 5.91 Å². The van der Waals surface area contributed by atoms with E-state index in [1.807, 2.05) is 0 Å². The van der Waals surface area contributed by atoms with Crippen molar-refractivity contribution in [1.82, 2.24) is 5.32 Å². The van der Waals surface area contributed by atoms with Crippen LogP contribution in [0.3, 0.4) is 0 Å². The van der Waals surface area contributed by atoms with Crippen molar-refractivity contribution in [2.45, 2.75) is 57.1 Å². The average Bonchev–Trinajstić information content (AvgIpc) is 3.28. The van der Waals surface area contributed by atoms with Crippen molar-refractivity contribution >= 4 is 46.9 Å². The molecule has 1 aromatic rings. The molecule has 11 heteroatoms. The number of nitrogens with one attached hydrogen (secondary N) is 2. The molecule has 0 aliphatic heterocycles. The summed E-state index contributed by atoms with van der Waals surface area (Å²) < 4.78 is 5.79. The zero-order valence-electron chi connectivity index (χ0n) is 18.4. The number of rotatable bonds is 14. The second-order valence-electron chi connectivity index (χ2n) is 7.83. The number of carbonyl (C=O) groups is 4. The molecule has 0 bridgehead atoms. The molecule has 6 N–H and O–H groups in total. The van der Waals surface area contributed by atoms with Crippen molar-refractivity contribution in [2.24, 2.45) is 0 Å². The molecular weight excluding hydrogens is 450 g/mol. The predicted molar refractivity (Wildman–Crippen MR) is 125 cm³/mol. The van der Waals surface area contributed by atoms with E-state index in [0.717, 1.165) is 25.0 Å². The van der Waals surface area contributed by atoms with Crippen molar-refractivity contribution in [3.63, 3.8) is 0 Å². The van der Waals surface area contributed by atoms with Crippen LogP contribution in [0.4, 0.5) is 11.4 Å². The van der Waals surface area contributed by atoms with Crippen LogP contribution in [0.5, 0.6) is 0 Å². The second-order valence-corrected chi connectivity index (χ2v) is 8.94. The van der Waals surface area contributed by atoms with Crippen LogP contribution >= 0.6 is 11.8 Å². The van der Waals surface area contributed by atoms with Crippen molar-refractivity contribution in [2.75, 3.05) is 29.2 Å². The van der Waals surface area contributed by atoms with E-state index in [1.165, 1.54) is 42.8 Å². The minimum absolute atomic E-state index is 0.0952. The van der Waals surface area contributed by atoms with E-state index in [2.05, 4.69) is 10.6 Å². The third kappa shape index (κ3) is 9.70. The number of hydrogen-bond donors (Lipinski definition) is 5. The molecule has 33 heavy (non-hydrogen) atoms. The van der Waals surface area contributed by atoms with Gasteiger partial charge in [0.1, 0.15) is 6.04 Å². The number of nitrogen functional groups attached to an aromatic ring is 1. The van der Waals surface area contributed by atoms with Gasteiger partial charge in [0.15, 0.2) is 0 Å². The molecule has 2 rings (SSSR count). The summed E-state index contributed by atoms with van der Waals surface area (Å²) in [5.41, 5.74) is 6.49. The fourth-order valence-electron chi connectivity index (χ4n) is 3.39. The van der Waals surface area contributed by atoms with Crippen LogP contribution in [0.1, 0.15) is 55.3 Å². The van der Waals surface area contributed by atoms with Gasteiger partial charge >= 0.3 is 11.9 Å². The first-order valence-electron chi connectivity index (χ1n) is 10.9. The van der Waals surface area contributed by atoms with Gasteiger partial charge < -0.3 is 31.3 Å². The number of carboxylic acids is 2. The summed E-state index contributed by atoms with van der Waals surface area (Å²) in [5.74, 6) is -2.47. The Balaban J connectivity index is 1.80. The highest BCUT2D eigenvalue weighted by atomic mass is 32.2. The van der Waals surface area contributed by atoms with Crippen molar-refractivity contribution in [3.8, 4) is 0 Å². The molecule has 1 saturated carbocycles. The smallest absolute Gasteiger partial charge is 0.326 e. The van der Waals surface area contributed by atoms with Gasteiger partial charge in [-0.25, -0.2) is 4.79 Å². The molecule has 0 saturated heterocycles. The van der Waals surface area contributed by atoms with E-state index < -0.39 is 30.3 Å². The summed E-state index contributed by atoms with van der Waals surface area (Å²) in [6.07, 6.45) is 5.32. The first-order chi connectivity index (χ1) is 15.8. The van der Waals surface area contributed by atoms with Gasteiger partial charge in [-0.3, -0.25) is 14.4 Å². The Bertz CT molecular complexity index is 843. The van der Waals surface area contributed by atoms with E-state index in [1.54, 1.807) is 0 Å². The lowest BCUT2D eigenvalue weighted by atomic mass is 10.1. The van der Waals surface area contributed by atoms with Crippen LogP contribution in [0, 0.1) is 0 Å². The largest absolute Gasteiger partial charge is 0.481 e. The lowest BCUT2D eigenvalue weighted by molar-refractivity contribution is -0.140. The molecule has 1 aliphatic rings. The topological polar surface area (TPSA) is 168 Å². The molecule has 0 aromatic heterocycles. The molecule has 1 atom stereocenters. The lowest BCUT2D eigenvalue weighted by Crippen LogP contribution is -2.41. The molecule has 0 spiro atoms. The van der Waals surface area contributed by atoms with E-state index in [4.69, 9.17) is 15.6 Å². The molecule has 182 valence electrons. The number of aliphatic carboxylic acids is 2. The number of anilines is 2. The summed E-state index contributed by atoms with van der Waals surface area (Å²) in [6, 6.07) is 2.84. The zero-order valence-corrected chi connectivity index (χ0v) is 19.2. The van der Waals surface area contributed by atoms with Crippen LogP contribution < -0.4 is 16.4 Å². The van der Waals surface area contributed by atoms with E-state index in [9.17, 15) is 24.3 Å². The van der Waals surface area contributed by atoms with Crippen molar-refractivity contribution < 1.29 is 34.1 Å². The monoisotopic (exact) mass is 481 g/mol. The first kappa shape index (κ1) is 26.5. The number of amides is 2. The molecule has 2 amide bonds. The van der Waals surface area contributed by atoms with Crippen LogP contribution in [-0.2, 0) is 19.1 Å². The predicted octanol–water partition coefficient (Wildman–Crippen LogP) is 2.34. The second kappa shape index (κ2) is 13.7. The van der Waals surface area contributed by atoms with Gasteiger partial charge in [-0.2, -0.15) is 11.8 Å². The quantitative estimate of drug-likeness (QED) is 0.198. The van der Waals surface area contributed by atoms with Gasteiger partial charge in [0.25, 0.3) is 5.91 Å². The Hall–Kier alpha value is -2.79. The zero-order chi connectivity index (χ0) is 24.2. The van der Waals surface area contributed by atoms with E-state index in [-0.39, 0.29) is 35.0 Å². The first-order valence-corrected chi connectivity index (χ1v) is 12.1. The van der Waals surface area contributed by atoms with Gasteiger partial charge in [-0.15, -0.1) is 0 Å². The van der Waals surface area contributed by atoms with Crippen molar-refractivity contribution in [3.05, 3.63) is 23.8 Å². The SMILES string of the molecule is Nc1ccc(C(=O)NC(CCC(=O)O)C(=O)O)cc1NC(=O)CSCCCOC1CCCC1. The summed E-state index contributed by atoms with van der Waals surface area (Å²) >= 11 is 1.47. The molecule has 1 aromatic carbocycles. The maximum Gasteiger partial charge on any atom is 0.326 e. The Morgan fingerprint density at radius 3 is 2.58 bits per heavy atom. The summed E-state index contributed by atoms with van der Waals surface area (Å²) in [7, 11) is 0. The minimum Gasteiger partial charge on any atom is -0.481 e. The highest BCUT2D eigenvalue weighted by molar-refractivity contribution is 7.99. The number of hydrogen-bond acceptors (Lipinski definition) is 7. The molecular formula is C22H31N3O7S. The molecule has 10 nitrogen and oxygen atoms in total. The summed E-state index contributed by atoms with van der Waals surface area (Å²) in [5, 5.41) is 22.9. The van der Waals surface area contributed by atoms with Crippen LogP contribution in [0.15, 0.2) is 18.2 Å². The van der Waals surface area contributed by atoms with Crippen LogP contribution in [-0.4, -0.2) is 64.2 Å². The summed E-state index contributed by atoms with van der Waals surface area (Å²) in [4.78, 5) is 46.6. The molecule has 1 fully saturated rings. The van der Waals surface area contributed by atoms with Gasteiger partial charge in [-0.05, 0) is 49.6 Å². The van der Waals surface area contributed by atoms with E-state index in [0.29, 0.717) is 12.7 Å². The van der Waals surface area contributed by atoms with Gasteiger partial charge in [0, 0.05) is 18.6 Å². The Kier molecular flexibility index (Phi) is 11.0. The van der Waals surface area contributed by atoms with Gasteiger partial charge in [0.05, 0.1) is 23.2 Å². The number of carboxylic acid groups (broad SMARTS) is 2. The minimum atomic E-state index is -1.35. The number of ether oxygens (including phenoxy) is 1. The number of benzene rings is 1. The standard InChI is InChI=1S/C22H31N3O7S/c23-16-7-6-14(21(29)25-17(22(30)31)8-9-20(27)28)12-18(16)24-19(26)13-33-11-3-10-32-15-4-1-2-5-15/h6-7,12,15,17H,1-5,8-11,13,23H2,(H,24,26)(H,25,29)(H,27,28)(H,30,31). The third-order valence-corrected chi connectivity index (χ3v) is 6.21. The molecule has 0 radical (unpaired) electrons. The Morgan fingerprint density at radius 2 is 1.91 bits per heavy atom. The highest BCUT2D eigenvalue weighted by Gasteiger charge is 2.22. The Morgan fingerprint density at radius 1 is 1.18 bits per heavy atom. The Labute approximate surface area is 196 Å². The number of nitrogens with two attached hydrogens (primary N) is 1. The fraction of sp³-hybridized carbons (Fsp3) is 0.545. The third-order valence-electron chi connectivity index (χ3n) is 5.16. The highest BCUT2D eigenvalue weighted by Crippen LogP contribution is 2.22. The van der Waals surface area contributed by atoms with Crippen LogP contribution in [0.2, 0.25) is 0 Å². The van der Waals surface area contributed by atoms with Crippen LogP contribution in [0.25, 0.3) is 0 Å². The lowest BCUT2D eigenvalue weighted by Gasteiger charge is -2.15. The normalized spacial score (nSPS) is 14.5. The molecule has 0 heterocycles. The maximum absolute atomic E-state index is 12.4. The summed E-state index contributed by atoms with van der Waals surface area (Å²) in [6.45, 7) is 0.688. The number of carbonyl (C=O) groups excluding carboxylic acids is 2. The average molecular weight is 482 g/mol. The molecule has 1 unspecified atom stereocenters. The van der Waals surface area contributed by atoms with E-state index >= 15 is 0 Å². The maximum atomic E-state index is 12.4. The molecule has 1 aliphatic carbocycles. The fourth-order valence-corrected chi connectivity index (χ4v) is 4.11. The van der Waals surface area contributed by atoms with Crippen molar-refractivity contribution in [1.29, 1.82) is 0 Å².